The van der Waals surface area contributed by atoms with E-state index in [9.17, 15) is 5.11 Å². The summed E-state index contributed by atoms with van der Waals surface area (Å²) in [7, 11) is 0. The molecule has 0 amide bonds. The maximum Gasteiger partial charge on any atom is 0.0771 e. The first-order valence-electron chi connectivity index (χ1n) is 6.09. The van der Waals surface area contributed by atoms with Gasteiger partial charge in [-0.15, -0.1) is 0 Å². The molecule has 2 atom stereocenters. The molecule has 0 saturated heterocycles. The molecular formula is C12H20N2O. The van der Waals surface area contributed by atoms with Crippen LogP contribution in [0.25, 0.3) is 0 Å². The van der Waals surface area contributed by atoms with Gasteiger partial charge in [0, 0.05) is 12.6 Å². The largest absolute Gasteiger partial charge is 0.389 e. The Hall–Kier alpha value is -0.590. The number of nitrogens with zero attached hydrogens (tertiary/aromatic N) is 1. The lowest BCUT2D eigenvalue weighted by Gasteiger charge is -2.26. The monoisotopic (exact) mass is 208 g/mol. The Balaban J connectivity index is 1.80. The first-order chi connectivity index (χ1) is 7.23. The van der Waals surface area contributed by atoms with Gasteiger partial charge in [0.2, 0.25) is 0 Å². The Kier molecular flexibility index (Phi) is 3.28. The lowest BCUT2D eigenvalue weighted by atomic mass is 10.00. The van der Waals surface area contributed by atoms with E-state index < -0.39 is 5.60 Å². The molecule has 3 nitrogen and oxygen atoms in total. The minimum Gasteiger partial charge on any atom is -0.389 e. The van der Waals surface area contributed by atoms with Crippen LogP contribution in [0, 0.1) is 17.2 Å². The van der Waals surface area contributed by atoms with E-state index in [4.69, 9.17) is 5.26 Å². The van der Waals surface area contributed by atoms with Crippen molar-refractivity contribution in [2.75, 3.05) is 6.54 Å². The fourth-order valence-electron chi connectivity index (χ4n) is 2.89. The first kappa shape index (κ1) is 10.9. The molecule has 2 unspecified atom stereocenters. The van der Waals surface area contributed by atoms with Crippen molar-refractivity contribution in [3.63, 3.8) is 0 Å². The highest BCUT2D eigenvalue weighted by Crippen LogP contribution is 2.30. The maximum atomic E-state index is 10.2. The van der Waals surface area contributed by atoms with Gasteiger partial charge in [-0.2, -0.15) is 5.26 Å². The quantitative estimate of drug-likeness (QED) is 0.740. The molecule has 0 heterocycles. The van der Waals surface area contributed by atoms with Crippen LogP contribution in [-0.4, -0.2) is 23.3 Å². The van der Waals surface area contributed by atoms with E-state index in [1.165, 1.54) is 0 Å². The highest BCUT2D eigenvalue weighted by molar-refractivity contribution is 4.98. The summed E-state index contributed by atoms with van der Waals surface area (Å²) in [5.74, 6) is 0.162. The van der Waals surface area contributed by atoms with Gasteiger partial charge in [-0.25, -0.2) is 0 Å². The molecule has 2 N–H and O–H groups in total. The van der Waals surface area contributed by atoms with Crippen molar-refractivity contribution in [1.82, 2.24) is 5.32 Å². The predicted octanol–water partition coefficient (Wildman–Crippen LogP) is 1.57. The molecule has 2 aliphatic rings. The Morgan fingerprint density at radius 2 is 2.00 bits per heavy atom. The average molecular weight is 208 g/mol. The second-order valence-corrected chi connectivity index (χ2v) is 5.09. The molecule has 84 valence electrons. The van der Waals surface area contributed by atoms with Gasteiger partial charge in [-0.1, -0.05) is 19.3 Å². The Labute approximate surface area is 91.5 Å². The number of nitriles is 1. The molecular weight excluding hydrogens is 188 g/mol. The second-order valence-electron chi connectivity index (χ2n) is 5.09. The Morgan fingerprint density at radius 1 is 1.27 bits per heavy atom. The zero-order chi connectivity index (χ0) is 10.7. The second kappa shape index (κ2) is 4.51. The van der Waals surface area contributed by atoms with Crippen molar-refractivity contribution >= 4 is 0 Å². The van der Waals surface area contributed by atoms with Crippen molar-refractivity contribution in [1.29, 1.82) is 5.26 Å². The van der Waals surface area contributed by atoms with Gasteiger partial charge in [-0.3, -0.25) is 0 Å². The zero-order valence-electron chi connectivity index (χ0n) is 9.21. The molecule has 2 aliphatic carbocycles. The van der Waals surface area contributed by atoms with Gasteiger partial charge >= 0.3 is 0 Å². The lowest BCUT2D eigenvalue weighted by molar-refractivity contribution is 0.0442. The van der Waals surface area contributed by atoms with E-state index in [0.29, 0.717) is 12.6 Å². The number of nitrogens with one attached hydrogen (secondary N) is 1. The molecule has 0 bridgehead atoms. The summed E-state index contributed by atoms with van der Waals surface area (Å²) in [4.78, 5) is 0. The lowest BCUT2D eigenvalue weighted by Crippen LogP contribution is -2.43. The summed E-state index contributed by atoms with van der Waals surface area (Å²) in [6.07, 6.45) is 7.39. The van der Waals surface area contributed by atoms with Crippen LogP contribution in [0.4, 0.5) is 0 Å². The van der Waals surface area contributed by atoms with Crippen LogP contribution >= 0.6 is 0 Å². The maximum absolute atomic E-state index is 10.2. The molecule has 0 aliphatic heterocycles. The number of hydrogen-bond acceptors (Lipinski definition) is 3. The topological polar surface area (TPSA) is 56.0 Å². The number of rotatable bonds is 3. The van der Waals surface area contributed by atoms with Gasteiger partial charge in [-0.05, 0) is 25.7 Å². The van der Waals surface area contributed by atoms with E-state index >= 15 is 0 Å². The molecule has 2 rings (SSSR count). The van der Waals surface area contributed by atoms with Crippen LogP contribution in [0.3, 0.4) is 0 Å². The van der Waals surface area contributed by atoms with E-state index in [1.807, 2.05) is 0 Å². The molecule has 3 heteroatoms. The van der Waals surface area contributed by atoms with E-state index in [-0.39, 0.29) is 5.92 Å². The van der Waals surface area contributed by atoms with Crippen LogP contribution in [0.1, 0.15) is 44.9 Å². The third-order valence-electron chi connectivity index (χ3n) is 3.91. The minimum atomic E-state index is -0.484. The van der Waals surface area contributed by atoms with Gasteiger partial charge in [0.1, 0.15) is 0 Å². The smallest absolute Gasteiger partial charge is 0.0771 e. The van der Waals surface area contributed by atoms with Gasteiger partial charge in [0.15, 0.2) is 0 Å². The van der Waals surface area contributed by atoms with Crippen LogP contribution in [-0.2, 0) is 0 Å². The molecule has 0 aromatic rings. The standard InChI is InChI=1S/C12H20N2O/c13-8-10-4-3-5-11(10)14-9-12(15)6-1-2-7-12/h10-11,14-15H,1-7,9H2. The van der Waals surface area contributed by atoms with E-state index in [0.717, 1.165) is 44.9 Å². The molecule has 15 heavy (non-hydrogen) atoms. The fraction of sp³-hybridized carbons (Fsp3) is 0.917. The highest BCUT2D eigenvalue weighted by atomic mass is 16.3. The molecule has 0 spiro atoms. The molecule has 0 radical (unpaired) electrons. The van der Waals surface area contributed by atoms with Crippen molar-refractivity contribution in [2.45, 2.75) is 56.6 Å². The van der Waals surface area contributed by atoms with Crippen molar-refractivity contribution < 1.29 is 5.11 Å². The third kappa shape index (κ3) is 2.50. The molecule has 2 fully saturated rings. The van der Waals surface area contributed by atoms with E-state index in [2.05, 4.69) is 11.4 Å². The molecule has 0 aromatic heterocycles. The summed E-state index contributed by atoms with van der Waals surface area (Å²) in [5.41, 5.74) is -0.484. The van der Waals surface area contributed by atoms with Gasteiger partial charge in [0.05, 0.1) is 17.6 Å². The van der Waals surface area contributed by atoms with Crippen LogP contribution in [0.15, 0.2) is 0 Å². The molecule has 2 saturated carbocycles. The summed E-state index contributed by atoms with van der Waals surface area (Å²) in [5, 5.41) is 22.5. The zero-order valence-corrected chi connectivity index (χ0v) is 9.21. The summed E-state index contributed by atoms with van der Waals surface area (Å²) in [6.45, 7) is 0.676. The first-order valence-corrected chi connectivity index (χ1v) is 6.09. The fourth-order valence-corrected chi connectivity index (χ4v) is 2.89. The van der Waals surface area contributed by atoms with Crippen molar-refractivity contribution in [3.05, 3.63) is 0 Å². The third-order valence-corrected chi connectivity index (χ3v) is 3.91. The Morgan fingerprint density at radius 3 is 2.67 bits per heavy atom. The summed E-state index contributed by atoms with van der Waals surface area (Å²) >= 11 is 0. The van der Waals surface area contributed by atoms with Crippen LogP contribution < -0.4 is 5.32 Å². The van der Waals surface area contributed by atoms with Crippen LogP contribution in [0.2, 0.25) is 0 Å². The SMILES string of the molecule is N#CC1CCCC1NCC1(O)CCCC1. The predicted molar refractivity (Wildman–Crippen MR) is 58.2 cm³/mol. The van der Waals surface area contributed by atoms with Crippen molar-refractivity contribution in [3.8, 4) is 6.07 Å². The van der Waals surface area contributed by atoms with E-state index in [1.54, 1.807) is 0 Å². The summed E-state index contributed by atoms with van der Waals surface area (Å²) in [6, 6.07) is 2.68. The van der Waals surface area contributed by atoms with Crippen LogP contribution in [0.5, 0.6) is 0 Å². The summed E-state index contributed by atoms with van der Waals surface area (Å²) < 4.78 is 0. The molecule has 0 aromatic carbocycles. The van der Waals surface area contributed by atoms with Gasteiger partial charge in [0.25, 0.3) is 0 Å². The number of hydrogen-bond donors (Lipinski definition) is 2. The number of aliphatic hydroxyl groups is 1. The Bertz CT molecular complexity index is 253. The van der Waals surface area contributed by atoms with Crippen molar-refractivity contribution in [2.24, 2.45) is 5.92 Å². The minimum absolute atomic E-state index is 0.162. The highest BCUT2D eigenvalue weighted by Gasteiger charge is 2.33. The normalized spacial score (nSPS) is 34.1. The average Bonchev–Trinajstić information content (AvgIpc) is 2.84. The van der Waals surface area contributed by atoms with Gasteiger partial charge < -0.3 is 10.4 Å².